The van der Waals surface area contributed by atoms with E-state index in [1.807, 2.05) is 30.3 Å². The molecule has 0 fully saturated rings. The highest BCUT2D eigenvalue weighted by Gasteiger charge is 2.22. The number of nitrogens with zero attached hydrogens (tertiary/aromatic N) is 1. The third-order valence-electron chi connectivity index (χ3n) is 2.91. The Bertz CT molecular complexity index is 458. The first-order valence-electron chi connectivity index (χ1n) is 6.45. The van der Waals surface area contributed by atoms with Gasteiger partial charge in [-0.05, 0) is 12.0 Å². The fraction of sp³-hybridized carbons (Fsp3) is 0.538. The van der Waals surface area contributed by atoms with E-state index in [1.54, 1.807) is 13.8 Å². The molecule has 5 nitrogen and oxygen atoms in total. The van der Waals surface area contributed by atoms with Crippen LogP contribution in [0.1, 0.15) is 19.4 Å². The van der Waals surface area contributed by atoms with Crippen molar-refractivity contribution in [3.05, 3.63) is 35.9 Å². The van der Waals surface area contributed by atoms with Gasteiger partial charge in [-0.15, -0.1) is 0 Å². The van der Waals surface area contributed by atoms with Gasteiger partial charge in [-0.3, -0.25) is 0 Å². The summed E-state index contributed by atoms with van der Waals surface area (Å²) >= 11 is 0. The molecular weight excluding hydrogens is 264 g/mol. The maximum atomic E-state index is 12.1. The Balaban J connectivity index is 2.72. The van der Waals surface area contributed by atoms with Crippen molar-refractivity contribution in [2.24, 2.45) is 0 Å². The molecule has 6 heteroatoms. The lowest BCUT2D eigenvalue weighted by atomic mass is 10.1. The first kappa shape index (κ1) is 16.1. The topological polar surface area (TPSA) is 69.6 Å². The number of hydrogen-bond donors (Lipinski definition) is 2. The van der Waals surface area contributed by atoms with E-state index in [0.29, 0.717) is 19.5 Å². The Labute approximate surface area is 115 Å². The highest BCUT2D eigenvalue weighted by atomic mass is 32.2. The van der Waals surface area contributed by atoms with Crippen LogP contribution in [0, 0.1) is 0 Å². The molecule has 0 aromatic heterocycles. The quantitative estimate of drug-likeness (QED) is 0.741. The number of aliphatic hydroxyl groups is 1. The van der Waals surface area contributed by atoms with E-state index in [-0.39, 0.29) is 6.61 Å². The molecule has 1 atom stereocenters. The van der Waals surface area contributed by atoms with Gasteiger partial charge in [-0.1, -0.05) is 44.2 Å². The smallest absolute Gasteiger partial charge is 0.279 e. The summed E-state index contributed by atoms with van der Waals surface area (Å²) in [4.78, 5) is 0. The molecule has 0 saturated carbocycles. The van der Waals surface area contributed by atoms with Crippen LogP contribution in [-0.2, 0) is 16.6 Å². The van der Waals surface area contributed by atoms with E-state index in [4.69, 9.17) is 0 Å². The molecule has 0 aliphatic heterocycles. The Hall–Kier alpha value is -0.950. The summed E-state index contributed by atoms with van der Waals surface area (Å²) in [5.41, 5.74) is 0.990. The van der Waals surface area contributed by atoms with E-state index in [0.717, 1.165) is 5.56 Å². The van der Waals surface area contributed by atoms with Gasteiger partial charge in [-0.2, -0.15) is 17.4 Å². The van der Waals surface area contributed by atoms with Crippen LogP contribution in [0.3, 0.4) is 0 Å². The summed E-state index contributed by atoms with van der Waals surface area (Å²) in [7, 11) is -3.53. The van der Waals surface area contributed by atoms with E-state index in [9.17, 15) is 13.5 Å². The minimum Gasteiger partial charge on any atom is -0.395 e. The lowest BCUT2D eigenvalue weighted by molar-refractivity contribution is 0.253. The van der Waals surface area contributed by atoms with Crippen molar-refractivity contribution >= 4 is 10.2 Å². The summed E-state index contributed by atoms with van der Waals surface area (Å²) in [6.45, 7) is 4.17. The molecule has 19 heavy (non-hydrogen) atoms. The van der Waals surface area contributed by atoms with Crippen molar-refractivity contribution in [1.82, 2.24) is 9.03 Å². The van der Waals surface area contributed by atoms with E-state index >= 15 is 0 Å². The fourth-order valence-electron chi connectivity index (χ4n) is 1.89. The van der Waals surface area contributed by atoms with Gasteiger partial charge in [0, 0.05) is 13.1 Å². The van der Waals surface area contributed by atoms with Gasteiger partial charge in [0.15, 0.2) is 0 Å². The molecule has 108 valence electrons. The zero-order valence-corrected chi connectivity index (χ0v) is 12.2. The molecule has 0 bridgehead atoms. The van der Waals surface area contributed by atoms with Crippen molar-refractivity contribution in [3.8, 4) is 0 Å². The molecule has 1 aromatic carbocycles. The van der Waals surface area contributed by atoms with Crippen molar-refractivity contribution in [1.29, 1.82) is 0 Å². The largest absolute Gasteiger partial charge is 0.395 e. The maximum Gasteiger partial charge on any atom is 0.279 e. The van der Waals surface area contributed by atoms with Crippen LogP contribution in [0.15, 0.2) is 30.3 Å². The zero-order valence-electron chi connectivity index (χ0n) is 11.4. The molecule has 2 N–H and O–H groups in total. The summed E-state index contributed by atoms with van der Waals surface area (Å²) in [6, 6.07) is 9.00. The SMILES string of the molecule is CCN(CC)S(=O)(=O)N[C@H](CO)Cc1ccccc1. The Morgan fingerprint density at radius 3 is 2.26 bits per heavy atom. The number of hydrogen-bond acceptors (Lipinski definition) is 3. The second-order valence-corrected chi connectivity index (χ2v) is 5.98. The molecule has 0 aliphatic rings. The number of nitrogens with one attached hydrogen (secondary N) is 1. The van der Waals surface area contributed by atoms with Gasteiger partial charge in [-0.25, -0.2) is 0 Å². The van der Waals surface area contributed by atoms with Crippen molar-refractivity contribution in [2.75, 3.05) is 19.7 Å². The fourth-order valence-corrected chi connectivity index (χ4v) is 3.30. The van der Waals surface area contributed by atoms with Crippen LogP contribution in [0.25, 0.3) is 0 Å². The molecule has 1 rings (SSSR count). The average molecular weight is 286 g/mol. The average Bonchev–Trinajstić information content (AvgIpc) is 2.40. The molecule has 0 radical (unpaired) electrons. The van der Waals surface area contributed by atoms with Gasteiger partial charge < -0.3 is 5.11 Å². The van der Waals surface area contributed by atoms with E-state index in [1.165, 1.54) is 4.31 Å². The normalized spacial score (nSPS) is 13.7. The zero-order chi connectivity index (χ0) is 14.3. The second-order valence-electron chi connectivity index (χ2n) is 4.28. The Morgan fingerprint density at radius 1 is 1.21 bits per heavy atom. The van der Waals surface area contributed by atoms with Gasteiger partial charge in [0.2, 0.25) is 0 Å². The molecule has 0 amide bonds. The summed E-state index contributed by atoms with van der Waals surface area (Å²) in [5.74, 6) is 0. The number of aliphatic hydroxyl groups excluding tert-OH is 1. The minimum atomic E-state index is -3.53. The Morgan fingerprint density at radius 2 is 1.79 bits per heavy atom. The number of benzene rings is 1. The standard InChI is InChI=1S/C13H22N2O3S/c1-3-15(4-2)19(17,18)14-13(11-16)10-12-8-6-5-7-9-12/h5-9,13-14,16H,3-4,10-11H2,1-2H3/t13-/m0/s1. The predicted octanol–water partition coefficient (Wildman–Crippen LogP) is 0.766. The van der Waals surface area contributed by atoms with Crippen LogP contribution in [0.4, 0.5) is 0 Å². The molecule has 0 aliphatic carbocycles. The third kappa shape index (κ3) is 4.91. The third-order valence-corrected chi connectivity index (χ3v) is 4.73. The van der Waals surface area contributed by atoms with Crippen LogP contribution in [0.5, 0.6) is 0 Å². The molecule has 0 heterocycles. The van der Waals surface area contributed by atoms with E-state index < -0.39 is 16.3 Å². The van der Waals surface area contributed by atoms with Gasteiger partial charge >= 0.3 is 0 Å². The lowest BCUT2D eigenvalue weighted by Gasteiger charge is -2.23. The lowest BCUT2D eigenvalue weighted by Crippen LogP contribution is -2.47. The van der Waals surface area contributed by atoms with E-state index in [2.05, 4.69) is 4.72 Å². The van der Waals surface area contributed by atoms with Crippen molar-refractivity contribution < 1.29 is 13.5 Å². The maximum absolute atomic E-state index is 12.1. The van der Waals surface area contributed by atoms with Crippen LogP contribution < -0.4 is 4.72 Å². The number of rotatable bonds is 8. The highest BCUT2D eigenvalue weighted by molar-refractivity contribution is 7.87. The molecule has 0 saturated heterocycles. The van der Waals surface area contributed by atoms with Crippen LogP contribution >= 0.6 is 0 Å². The summed E-state index contributed by atoms with van der Waals surface area (Å²) in [5, 5.41) is 9.33. The highest BCUT2D eigenvalue weighted by Crippen LogP contribution is 2.05. The Kier molecular flexibility index (Phi) is 6.44. The van der Waals surface area contributed by atoms with Gasteiger partial charge in [0.25, 0.3) is 10.2 Å². The first-order chi connectivity index (χ1) is 9.03. The molecule has 0 spiro atoms. The van der Waals surface area contributed by atoms with Gasteiger partial charge in [0.1, 0.15) is 0 Å². The van der Waals surface area contributed by atoms with Gasteiger partial charge in [0.05, 0.1) is 12.6 Å². The summed E-state index contributed by atoms with van der Waals surface area (Å²) in [6.07, 6.45) is 0.470. The second kappa shape index (κ2) is 7.59. The van der Waals surface area contributed by atoms with Crippen LogP contribution in [-0.4, -0.2) is 43.6 Å². The van der Waals surface area contributed by atoms with Crippen molar-refractivity contribution in [3.63, 3.8) is 0 Å². The van der Waals surface area contributed by atoms with Crippen LogP contribution in [0.2, 0.25) is 0 Å². The molecule has 0 unspecified atom stereocenters. The molecular formula is C13H22N2O3S. The minimum absolute atomic E-state index is 0.227. The van der Waals surface area contributed by atoms with Crippen molar-refractivity contribution in [2.45, 2.75) is 26.3 Å². The monoisotopic (exact) mass is 286 g/mol. The predicted molar refractivity (Wildman–Crippen MR) is 76.0 cm³/mol. The molecule has 1 aromatic rings. The first-order valence-corrected chi connectivity index (χ1v) is 7.89. The summed E-state index contributed by atoms with van der Waals surface area (Å²) < 4.78 is 28.0.